The fourth-order valence-corrected chi connectivity index (χ4v) is 3.40. The zero-order chi connectivity index (χ0) is 15.3. The molecule has 0 spiro atoms. The summed E-state index contributed by atoms with van der Waals surface area (Å²) < 4.78 is 5.53. The van der Waals surface area contributed by atoms with E-state index in [1.165, 1.54) is 0 Å². The maximum Gasteiger partial charge on any atom is 0.329 e. The number of carbonyl (C=O) groups is 2. The molecule has 1 aromatic rings. The lowest BCUT2D eigenvalue weighted by Gasteiger charge is -2.34. The highest BCUT2D eigenvalue weighted by Crippen LogP contribution is 2.27. The number of nitrogens with one attached hydrogen (secondary N) is 1. The lowest BCUT2D eigenvalue weighted by Crippen LogP contribution is -2.58. The average Bonchev–Trinajstić information content (AvgIpc) is 2.49. The summed E-state index contributed by atoms with van der Waals surface area (Å²) in [6.07, 6.45) is 0.145. The molecule has 1 fully saturated rings. The summed E-state index contributed by atoms with van der Waals surface area (Å²) in [5.41, 5.74) is -1.16. The number of para-hydroxylation sites is 1. The van der Waals surface area contributed by atoms with Crippen LogP contribution in [0.2, 0.25) is 0 Å². The third kappa shape index (κ3) is 3.91. The molecular weight excluding hydrogens is 290 g/mol. The summed E-state index contributed by atoms with van der Waals surface area (Å²) in [5, 5.41) is 12.1. The van der Waals surface area contributed by atoms with Gasteiger partial charge in [-0.25, -0.2) is 4.79 Å². The van der Waals surface area contributed by atoms with Crippen molar-refractivity contribution in [1.82, 2.24) is 5.32 Å². The largest absolute Gasteiger partial charge is 0.481 e. The number of thioether (sulfide) groups is 1. The molecule has 1 aliphatic rings. The first-order valence-corrected chi connectivity index (χ1v) is 8.04. The standard InChI is InChI=1S/C15H19NO4S/c1-11(20-12-5-3-2-4-6-12)13(17)16-15(14(18)19)7-9-21-10-8-15/h2-6,11H,7-10H2,1H3,(H,16,17)(H,18,19). The Morgan fingerprint density at radius 3 is 2.48 bits per heavy atom. The Labute approximate surface area is 128 Å². The van der Waals surface area contributed by atoms with Gasteiger partial charge in [0, 0.05) is 0 Å². The third-order valence-electron chi connectivity index (χ3n) is 3.54. The second kappa shape index (κ2) is 6.85. The second-order valence-electron chi connectivity index (χ2n) is 5.06. The van der Waals surface area contributed by atoms with Crippen molar-refractivity contribution in [1.29, 1.82) is 0 Å². The molecule has 2 N–H and O–H groups in total. The number of ether oxygens (including phenoxy) is 1. The third-order valence-corrected chi connectivity index (χ3v) is 4.53. The molecule has 6 heteroatoms. The summed E-state index contributed by atoms with van der Waals surface area (Å²) in [6.45, 7) is 1.62. The van der Waals surface area contributed by atoms with Crippen molar-refractivity contribution in [3.63, 3.8) is 0 Å². The van der Waals surface area contributed by atoms with Crippen LogP contribution in [0.25, 0.3) is 0 Å². The number of hydrogen-bond acceptors (Lipinski definition) is 4. The number of carbonyl (C=O) groups excluding carboxylic acids is 1. The van der Waals surface area contributed by atoms with E-state index < -0.39 is 23.5 Å². The molecule has 0 saturated carbocycles. The topological polar surface area (TPSA) is 75.6 Å². The molecule has 1 aromatic carbocycles. The van der Waals surface area contributed by atoms with Gasteiger partial charge in [-0.3, -0.25) is 4.79 Å². The molecule has 1 unspecified atom stereocenters. The summed E-state index contributed by atoms with van der Waals surface area (Å²) >= 11 is 1.71. The Morgan fingerprint density at radius 2 is 1.90 bits per heavy atom. The van der Waals surface area contributed by atoms with Gasteiger partial charge >= 0.3 is 5.97 Å². The minimum atomic E-state index is -1.16. The van der Waals surface area contributed by atoms with Crippen LogP contribution in [0.5, 0.6) is 5.75 Å². The highest BCUT2D eigenvalue weighted by Gasteiger charge is 2.42. The molecule has 1 saturated heterocycles. The van der Waals surface area contributed by atoms with E-state index in [1.807, 2.05) is 18.2 Å². The monoisotopic (exact) mass is 309 g/mol. The van der Waals surface area contributed by atoms with Gasteiger partial charge in [0.1, 0.15) is 11.3 Å². The van der Waals surface area contributed by atoms with E-state index in [-0.39, 0.29) is 0 Å². The van der Waals surface area contributed by atoms with Gasteiger partial charge in [-0.1, -0.05) is 18.2 Å². The van der Waals surface area contributed by atoms with Crippen LogP contribution in [-0.2, 0) is 9.59 Å². The maximum absolute atomic E-state index is 12.2. The molecule has 0 aliphatic carbocycles. The van der Waals surface area contributed by atoms with Crippen molar-refractivity contribution in [2.45, 2.75) is 31.4 Å². The summed E-state index contributed by atoms with van der Waals surface area (Å²) in [4.78, 5) is 23.7. The summed E-state index contributed by atoms with van der Waals surface area (Å²) in [6, 6.07) is 9.01. The van der Waals surface area contributed by atoms with Crippen LogP contribution in [0.3, 0.4) is 0 Å². The number of amides is 1. The van der Waals surface area contributed by atoms with E-state index in [4.69, 9.17) is 4.74 Å². The van der Waals surface area contributed by atoms with Crippen LogP contribution in [0.4, 0.5) is 0 Å². The van der Waals surface area contributed by atoms with E-state index >= 15 is 0 Å². The molecule has 0 radical (unpaired) electrons. The van der Waals surface area contributed by atoms with Crippen molar-refractivity contribution >= 4 is 23.6 Å². The van der Waals surface area contributed by atoms with Gasteiger partial charge in [0.15, 0.2) is 6.10 Å². The Hall–Kier alpha value is -1.69. The van der Waals surface area contributed by atoms with E-state index in [1.54, 1.807) is 30.8 Å². The van der Waals surface area contributed by atoms with Crippen molar-refractivity contribution in [2.24, 2.45) is 0 Å². The Kier molecular flexibility index (Phi) is 5.12. The first kappa shape index (κ1) is 15.7. The van der Waals surface area contributed by atoms with Crippen molar-refractivity contribution in [3.05, 3.63) is 30.3 Å². The predicted molar refractivity (Wildman–Crippen MR) is 81.6 cm³/mol. The van der Waals surface area contributed by atoms with Crippen molar-refractivity contribution in [3.8, 4) is 5.75 Å². The summed E-state index contributed by atoms with van der Waals surface area (Å²) in [7, 11) is 0. The molecule has 0 aromatic heterocycles. The van der Waals surface area contributed by atoms with Crippen LogP contribution in [0.15, 0.2) is 30.3 Å². The molecule has 1 amide bonds. The Bertz CT molecular complexity index is 500. The van der Waals surface area contributed by atoms with E-state index in [0.29, 0.717) is 18.6 Å². The van der Waals surface area contributed by atoms with Crippen LogP contribution < -0.4 is 10.1 Å². The maximum atomic E-state index is 12.2. The fourth-order valence-electron chi connectivity index (χ4n) is 2.21. The zero-order valence-corrected chi connectivity index (χ0v) is 12.7. The van der Waals surface area contributed by atoms with Gasteiger partial charge < -0.3 is 15.2 Å². The van der Waals surface area contributed by atoms with Crippen molar-refractivity contribution < 1.29 is 19.4 Å². The average molecular weight is 309 g/mol. The fraction of sp³-hybridized carbons (Fsp3) is 0.467. The number of hydrogen-bond donors (Lipinski definition) is 2. The van der Waals surface area contributed by atoms with Gasteiger partial charge in [-0.15, -0.1) is 0 Å². The second-order valence-corrected chi connectivity index (χ2v) is 6.29. The predicted octanol–water partition coefficient (Wildman–Crippen LogP) is 1.92. The van der Waals surface area contributed by atoms with Crippen LogP contribution in [0.1, 0.15) is 19.8 Å². The number of carboxylic acid groups (broad SMARTS) is 1. The van der Waals surface area contributed by atoms with Crippen LogP contribution in [0, 0.1) is 0 Å². The molecule has 1 heterocycles. The Balaban J connectivity index is 2.00. The first-order chi connectivity index (χ1) is 10.0. The van der Waals surface area contributed by atoms with E-state index in [0.717, 1.165) is 11.5 Å². The number of rotatable bonds is 5. The van der Waals surface area contributed by atoms with Crippen LogP contribution in [-0.4, -0.2) is 40.1 Å². The van der Waals surface area contributed by atoms with E-state index in [2.05, 4.69) is 5.32 Å². The molecule has 21 heavy (non-hydrogen) atoms. The number of aliphatic carboxylic acids is 1. The normalized spacial score (nSPS) is 18.5. The van der Waals surface area contributed by atoms with Gasteiger partial charge in [-0.05, 0) is 43.4 Å². The molecule has 114 valence electrons. The quantitative estimate of drug-likeness (QED) is 0.869. The molecule has 1 aliphatic heterocycles. The minimum Gasteiger partial charge on any atom is -0.481 e. The first-order valence-electron chi connectivity index (χ1n) is 6.88. The molecular formula is C15H19NO4S. The van der Waals surface area contributed by atoms with E-state index in [9.17, 15) is 14.7 Å². The smallest absolute Gasteiger partial charge is 0.329 e. The van der Waals surface area contributed by atoms with Gasteiger partial charge in [0.25, 0.3) is 5.91 Å². The lowest BCUT2D eigenvalue weighted by atomic mass is 9.92. The van der Waals surface area contributed by atoms with Crippen molar-refractivity contribution in [2.75, 3.05) is 11.5 Å². The lowest BCUT2D eigenvalue weighted by molar-refractivity contribution is -0.149. The Morgan fingerprint density at radius 1 is 1.29 bits per heavy atom. The molecule has 1 atom stereocenters. The van der Waals surface area contributed by atoms with Gasteiger partial charge in [-0.2, -0.15) is 11.8 Å². The number of benzene rings is 1. The minimum absolute atomic E-state index is 0.395. The SMILES string of the molecule is CC(Oc1ccccc1)C(=O)NC1(C(=O)O)CCSCC1. The zero-order valence-electron chi connectivity index (χ0n) is 11.9. The van der Waals surface area contributed by atoms with Crippen LogP contribution >= 0.6 is 11.8 Å². The molecule has 2 rings (SSSR count). The molecule has 0 bridgehead atoms. The highest BCUT2D eigenvalue weighted by molar-refractivity contribution is 7.99. The summed E-state index contributed by atoms with van der Waals surface area (Å²) in [5.74, 6) is 0.695. The van der Waals surface area contributed by atoms with Gasteiger partial charge in [0.05, 0.1) is 0 Å². The number of carboxylic acids is 1. The van der Waals surface area contributed by atoms with Gasteiger partial charge in [0.2, 0.25) is 0 Å². The molecule has 5 nitrogen and oxygen atoms in total. The highest BCUT2D eigenvalue weighted by atomic mass is 32.2.